The molecule has 10 nitrogen and oxygen atoms in total. The van der Waals surface area contributed by atoms with Crippen molar-refractivity contribution < 1.29 is 19.2 Å². The summed E-state index contributed by atoms with van der Waals surface area (Å²) in [5.41, 5.74) is 4.95. The average molecular weight is 727 g/mol. The van der Waals surface area contributed by atoms with Crippen LogP contribution in [-0.4, -0.2) is 90.8 Å². The number of rotatable bonds is 4. The van der Waals surface area contributed by atoms with E-state index in [-0.39, 0.29) is 60.9 Å². The van der Waals surface area contributed by atoms with E-state index in [0.29, 0.717) is 48.9 Å². The van der Waals surface area contributed by atoms with E-state index in [1.54, 1.807) is 24.3 Å². The molecule has 0 aromatic heterocycles. The maximum absolute atomic E-state index is 14.4. The molecule has 0 radical (unpaired) electrons. The first-order valence-corrected chi connectivity index (χ1v) is 18.7. The summed E-state index contributed by atoms with van der Waals surface area (Å²) in [5, 5.41) is 0. The number of nitrogens with zero attached hydrogens (tertiary/aromatic N) is 6. The molecule has 0 saturated carbocycles. The van der Waals surface area contributed by atoms with Crippen LogP contribution in [0.2, 0.25) is 0 Å². The molecule has 0 spiro atoms. The molecule has 3 heterocycles. The molecule has 2 fully saturated rings. The second-order valence-corrected chi connectivity index (χ2v) is 16.8. The van der Waals surface area contributed by atoms with E-state index in [9.17, 15) is 19.2 Å². The van der Waals surface area contributed by atoms with Crippen molar-refractivity contribution in [3.63, 3.8) is 0 Å². The van der Waals surface area contributed by atoms with Gasteiger partial charge in [0, 0.05) is 59.5 Å². The number of hydrogen-bond acceptors (Lipinski definition) is 6. The second kappa shape index (κ2) is 14.5. The summed E-state index contributed by atoms with van der Waals surface area (Å²) in [5.74, 6) is -0.225. The molecule has 3 aliphatic rings. The van der Waals surface area contributed by atoms with Gasteiger partial charge in [-0.1, -0.05) is 72.8 Å². The van der Waals surface area contributed by atoms with Crippen LogP contribution in [-0.2, 0) is 26.2 Å². The third-order valence-electron chi connectivity index (χ3n) is 10.5. The maximum atomic E-state index is 14.4. The van der Waals surface area contributed by atoms with E-state index in [2.05, 4.69) is 51.3 Å². The Bertz CT molecular complexity index is 1850. The van der Waals surface area contributed by atoms with Gasteiger partial charge in [0.1, 0.15) is 0 Å². The van der Waals surface area contributed by atoms with Gasteiger partial charge in [-0.3, -0.25) is 19.4 Å². The first-order valence-electron chi connectivity index (χ1n) is 18.7. The van der Waals surface area contributed by atoms with Crippen LogP contribution in [0.25, 0.3) is 0 Å². The summed E-state index contributed by atoms with van der Waals surface area (Å²) in [6.45, 7) is 15.5. The number of urea groups is 2. The van der Waals surface area contributed by atoms with Crippen LogP contribution in [0.3, 0.4) is 0 Å². The molecule has 3 aliphatic heterocycles. The number of carbonyl (C=O) groups excluding carboxylic acids is 4. The third-order valence-corrected chi connectivity index (χ3v) is 10.5. The normalized spacial score (nSPS) is 17.5. The van der Waals surface area contributed by atoms with Crippen molar-refractivity contribution in [3.8, 4) is 0 Å². The Labute approximate surface area is 318 Å². The molecular weight excluding hydrogens is 677 g/mol. The smallest absolute Gasteiger partial charge is 0.307 e. The van der Waals surface area contributed by atoms with Gasteiger partial charge in [0.2, 0.25) is 0 Å². The highest BCUT2D eigenvalue weighted by Crippen LogP contribution is 2.29. The Balaban J connectivity index is 1.36. The highest BCUT2D eigenvalue weighted by atomic mass is 16.2. The Morgan fingerprint density at radius 1 is 0.426 bits per heavy atom. The lowest BCUT2D eigenvalue weighted by Gasteiger charge is -2.48. The first-order chi connectivity index (χ1) is 25.6. The fourth-order valence-corrected chi connectivity index (χ4v) is 7.42. The molecule has 7 rings (SSSR count). The lowest BCUT2D eigenvalue weighted by Crippen LogP contribution is -2.62. The van der Waals surface area contributed by atoms with Gasteiger partial charge in [-0.15, -0.1) is 0 Å². The van der Waals surface area contributed by atoms with Gasteiger partial charge in [-0.25, -0.2) is 9.59 Å². The zero-order valence-electron chi connectivity index (χ0n) is 32.2. The SMILES string of the molecule is CC(C)(C)N1CN2Cc3cc(cc(C(=O)c4ccccc4)c3)CN3CN(C(C)(C)C)CN(Cc4cc(cc(C(=O)c5ccccc5)c4)CN(C1)C2=O)C3=O. The van der Waals surface area contributed by atoms with Gasteiger partial charge in [0.05, 0.1) is 26.7 Å². The van der Waals surface area contributed by atoms with Crippen LogP contribution in [0.15, 0.2) is 97.1 Å². The molecule has 4 aromatic rings. The zero-order chi connectivity index (χ0) is 38.4. The van der Waals surface area contributed by atoms with Crippen LogP contribution in [0, 0.1) is 0 Å². The molecule has 0 atom stereocenters. The molecule has 0 unspecified atom stereocenters. The fraction of sp³-hybridized carbons (Fsp3) is 0.364. The minimum absolute atomic E-state index is 0.113. The molecule has 0 aliphatic carbocycles. The van der Waals surface area contributed by atoms with Crippen molar-refractivity contribution in [2.24, 2.45) is 0 Å². The van der Waals surface area contributed by atoms with Gasteiger partial charge in [0.15, 0.2) is 11.6 Å². The maximum Gasteiger partial charge on any atom is 0.322 e. The van der Waals surface area contributed by atoms with E-state index in [4.69, 9.17) is 0 Å². The Morgan fingerprint density at radius 2 is 0.704 bits per heavy atom. The Hall–Kier alpha value is -5.32. The number of hydrogen-bond donors (Lipinski definition) is 0. The Kier molecular flexibility index (Phi) is 9.93. The van der Waals surface area contributed by atoms with Gasteiger partial charge in [-0.2, -0.15) is 0 Å². The van der Waals surface area contributed by atoms with Gasteiger partial charge < -0.3 is 19.6 Å². The number of amides is 4. The number of carbonyl (C=O) groups is 4. The summed E-state index contributed by atoms with van der Waals surface area (Å²) in [4.78, 5) is 68.5. The van der Waals surface area contributed by atoms with E-state index in [1.165, 1.54) is 0 Å². The van der Waals surface area contributed by atoms with E-state index < -0.39 is 0 Å². The summed E-state index contributed by atoms with van der Waals surface area (Å²) in [7, 11) is 0. The minimum Gasteiger partial charge on any atom is -0.307 e. The quantitative estimate of drug-likeness (QED) is 0.204. The van der Waals surface area contributed by atoms with Gasteiger partial charge in [-0.05, 0) is 88.1 Å². The molecule has 10 heteroatoms. The lowest BCUT2D eigenvalue weighted by molar-refractivity contribution is -0.0212. The number of fused-ring (bicyclic) bond motifs is 8. The zero-order valence-corrected chi connectivity index (χ0v) is 32.2. The standard InChI is InChI=1S/C44H50N6O4/c1-43(2,3)49-27-45-23-31-17-33(21-37(19-31)39(51)35-13-9-7-10-14-35)25-47-29-50(44(4,5)6)30-48(42(47)54)26-34-18-32(24-46(28-49)41(45)53)20-38(22-34)40(52)36-15-11-8-12-16-36/h7-22H,23-30H2,1-6H3. The summed E-state index contributed by atoms with van der Waals surface area (Å²) in [6, 6.07) is 29.7. The van der Waals surface area contributed by atoms with E-state index in [1.807, 2.05) is 92.4 Å². The molecule has 0 N–H and O–H groups in total. The molecule has 4 amide bonds. The molecular formula is C44H50N6O4. The predicted molar refractivity (Wildman–Crippen MR) is 208 cm³/mol. The Morgan fingerprint density at radius 3 is 0.963 bits per heavy atom. The first kappa shape index (κ1) is 37.0. The van der Waals surface area contributed by atoms with Crippen LogP contribution in [0.4, 0.5) is 9.59 Å². The molecule has 280 valence electrons. The van der Waals surface area contributed by atoms with Gasteiger partial charge >= 0.3 is 12.1 Å². The van der Waals surface area contributed by atoms with Crippen molar-refractivity contribution in [2.45, 2.75) is 78.8 Å². The molecule has 4 aromatic carbocycles. The third kappa shape index (κ3) is 7.95. The van der Waals surface area contributed by atoms with Crippen molar-refractivity contribution >= 4 is 23.6 Å². The number of benzene rings is 4. The van der Waals surface area contributed by atoms with Gasteiger partial charge in [0.25, 0.3) is 0 Å². The topological polar surface area (TPSA) is 87.7 Å². The van der Waals surface area contributed by atoms with Crippen LogP contribution in [0.5, 0.6) is 0 Å². The van der Waals surface area contributed by atoms with Crippen molar-refractivity contribution in [1.29, 1.82) is 0 Å². The molecule has 2 saturated heterocycles. The van der Waals surface area contributed by atoms with Crippen molar-refractivity contribution in [1.82, 2.24) is 29.4 Å². The molecule has 54 heavy (non-hydrogen) atoms. The van der Waals surface area contributed by atoms with Crippen LogP contribution in [0.1, 0.15) is 95.6 Å². The van der Waals surface area contributed by atoms with E-state index in [0.717, 1.165) is 22.3 Å². The summed E-state index contributed by atoms with van der Waals surface area (Å²) >= 11 is 0. The second-order valence-electron chi connectivity index (χ2n) is 16.8. The highest BCUT2D eigenvalue weighted by Gasteiger charge is 2.38. The minimum atomic E-state index is -0.248. The lowest BCUT2D eigenvalue weighted by atomic mass is 9.97. The average Bonchev–Trinajstić information content (AvgIpc) is 3.13. The van der Waals surface area contributed by atoms with Crippen LogP contribution < -0.4 is 0 Å². The fourth-order valence-electron chi connectivity index (χ4n) is 7.42. The summed E-state index contributed by atoms with van der Waals surface area (Å²) < 4.78 is 0. The predicted octanol–water partition coefficient (Wildman–Crippen LogP) is 7.37. The van der Waals surface area contributed by atoms with E-state index >= 15 is 0 Å². The number of ketones is 2. The highest BCUT2D eigenvalue weighted by molar-refractivity contribution is 6.09. The molecule has 8 bridgehead atoms. The van der Waals surface area contributed by atoms with Crippen molar-refractivity contribution in [2.75, 3.05) is 26.7 Å². The monoisotopic (exact) mass is 726 g/mol. The largest absolute Gasteiger partial charge is 0.322 e. The summed E-state index contributed by atoms with van der Waals surface area (Å²) in [6.07, 6.45) is 0. The van der Waals surface area contributed by atoms with Crippen LogP contribution >= 0.6 is 0 Å². The van der Waals surface area contributed by atoms with Crippen molar-refractivity contribution in [3.05, 3.63) is 142 Å².